The average Bonchev–Trinajstić information content (AvgIpc) is 2.49. The van der Waals surface area contributed by atoms with E-state index < -0.39 is 6.10 Å². The van der Waals surface area contributed by atoms with Crippen LogP contribution in [0.2, 0.25) is 5.02 Å². The molecular formula is C17H21ClN2O. The second kappa shape index (κ2) is 7.46. The van der Waals surface area contributed by atoms with Crippen molar-refractivity contribution in [3.8, 4) is 0 Å². The number of rotatable bonds is 6. The summed E-state index contributed by atoms with van der Waals surface area (Å²) < 4.78 is 0. The molecule has 0 aliphatic rings. The molecule has 0 saturated carbocycles. The Kier molecular flexibility index (Phi) is 5.62. The molecule has 2 N–H and O–H groups in total. The molecule has 1 unspecified atom stereocenters. The van der Waals surface area contributed by atoms with E-state index in [4.69, 9.17) is 11.6 Å². The van der Waals surface area contributed by atoms with Crippen LogP contribution in [-0.4, -0.2) is 31.9 Å². The van der Waals surface area contributed by atoms with Crippen molar-refractivity contribution in [2.45, 2.75) is 12.1 Å². The Morgan fingerprint density at radius 3 is 2.29 bits per heavy atom. The van der Waals surface area contributed by atoms with Crippen LogP contribution in [0.5, 0.6) is 0 Å². The van der Waals surface area contributed by atoms with Gasteiger partial charge in [0.15, 0.2) is 0 Å². The lowest BCUT2D eigenvalue weighted by atomic mass is 9.99. The largest absolute Gasteiger partial charge is 0.389 e. The van der Waals surface area contributed by atoms with Crippen LogP contribution in [0.25, 0.3) is 0 Å². The third-order valence-electron chi connectivity index (χ3n) is 3.57. The minimum atomic E-state index is -0.516. The standard InChI is InChI=1S/C17H21ClN2O/c1-19-12-16(21)17(13-6-4-3-5-7-13)20(2)15-10-8-14(18)9-11-15/h3-11,16-17,19,21H,12H2,1-2H3/t16-,17?/m1/s1. The smallest absolute Gasteiger partial charge is 0.0909 e. The zero-order chi connectivity index (χ0) is 15.2. The van der Waals surface area contributed by atoms with Crippen LogP contribution in [0.3, 0.4) is 0 Å². The summed E-state index contributed by atoms with van der Waals surface area (Å²) >= 11 is 5.95. The summed E-state index contributed by atoms with van der Waals surface area (Å²) in [4.78, 5) is 2.08. The molecular weight excluding hydrogens is 284 g/mol. The molecule has 0 heterocycles. The Hall–Kier alpha value is -1.55. The summed E-state index contributed by atoms with van der Waals surface area (Å²) in [5.41, 5.74) is 2.10. The van der Waals surface area contributed by atoms with Gasteiger partial charge in [0.1, 0.15) is 0 Å². The second-order valence-corrected chi connectivity index (χ2v) is 5.50. The van der Waals surface area contributed by atoms with E-state index in [1.165, 1.54) is 0 Å². The highest BCUT2D eigenvalue weighted by atomic mass is 35.5. The minimum absolute atomic E-state index is 0.125. The first-order chi connectivity index (χ1) is 10.1. The first kappa shape index (κ1) is 15.8. The van der Waals surface area contributed by atoms with E-state index in [1.807, 2.05) is 68.7 Å². The summed E-state index contributed by atoms with van der Waals surface area (Å²) in [7, 11) is 3.83. The van der Waals surface area contributed by atoms with Gasteiger partial charge in [0, 0.05) is 24.3 Å². The van der Waals surface area contributed by atoms with Crippen molar-refractivity contribution in [3.63, 3.8) is 0 Å². The number of hydrogen-bond acceptors (Lipinski definition) is 3. The van der Waals surface area contributed by atoms with Crippen LogP contribution in [-0.2, 0) is 0 Å². The van der Waals surface area contributed by atoms with Crippen LogP contribution < -0.4 is 10.2 Å². The van der Waals surface area contributed by atoms with E-state index in [0.717, 1.165) is 11.3 Å². The fraction of sp³-hybridized carbons (Fsp3) is 0.294. The van der Waals surface area contributed by atoms with Gasteiger partial charge in [-0.2, -0.15) is 0 Å². The van der Waals surface area contributed by atoms with Crippen molar-refractivity contribution in [2.24, 2.45) is 0 Å². The third-order valence-corrected chi connectivity index (χ3v) is 3.82. The Bertz CT molecular complexity index is 544. The number of halogens is 1. The molecule has 0 bridgehead atoms. The molecule has 2 aromatic rings. The molecule has 2 atom stereocenters. The fourth-order valence-corrected chi connectivity index (χ4v) is 2.64. The molecule has 4 heteroatoms. The van der Waals surface area contributed by atoms with Crippen LogP contribution in [0.15, 0.2) is 54.6 Å². The van der Waals surface area contributed by atoms with Gasteiger partial charge in [-0.3, -0.25) is 0 Å². The maximum absolute atomic E-state index is 10.5. The number of nitrogens with one attached hydrogen (secondary N) is 1. The summed E-state index contributed by atoms with van der Waals surface area (Å²) in [5, 5.41) is 14.3. The average molecular weight is 305 g/mol. The zero-order valence-electron chi connectivity index (χ0n) is 12.3. The molecule has 0 aromatic heterocycles. The molecule has 112 valence electrons. The fourth-order valence-electron chi connectivity index (χ4n) is 2.51. The molecule has 0 aliphatic heterocycles. The molecule has 3 nitrogen and oxygen atoms in total. The number of aliphatic hydroxyl groups excluding tert-OH is 1. The van der Waals surface area contributed by atoms with E-state index in [9.17, 15) is 5.11 Å². The van der Waals surface area contributed by atoms with E-state index in [1.54, 1.807) is 0 Å². The Morgan fingerprint density at radius 2 is 1.71 bits per heavy atom. The van der Waals surface area contributed by atoms with Gasteiger partial charge in [0.05, 0.1) is 12.1 Å². The van der Waals surface area contributed by atoms with Gasteiger partial charge in [0.2, 0.25) is 0 Å². The SMILES string of the molecule is CNC[C@@H](O)C(c1ccccc1)N(C)c1ccc(Cl)cc1. The molecule has 0 spiro atoms. The van der Waals surface area contributed by atoms with Gasteiger partial charge in [0.25, 0.3) is 0 Å². The molecule has 0 saturated heterocycles. The number of benzene rings is 2. The molecule has 2 rings (SSSR count). The molecule has 2 aromatic carbocycles. The first-order valence-electron chi connectivity index (χ1n) is 6.99. The van der Waals surface area contributed by atoms with Gasteiger partial charge in [-0.25, -0.2) is 0 Å². The minimum Gasteiger partial charge on any atom is -0.389 e. The van der Waals surface area contributed by atoms with Gasteiger partial charge >= 0.3 is 0 Å². The van der Waals surface area contributed by atoms with E-state index in [-0.39, 0.29) is 6.04 Å². The van der Waals surface area contributed by atoms with Crippen LogP contribution in [0.1, 0.15) is 11.6 Å². The lowest BCUT2D eigenvalue weighted by Gasteiger charge is -2.34. The van der Waals surface area contributed by atoms with Crippen LogP contribution in [0, 0.1) is 0 Å². The maximum Gasteiger partial charge on any atom is 0.0909 e. The van der Waals surface area contributed by atoms with Crippen LogP contribution >= 0.6 is 11.6 Å². The highest BCUT2D eigenvalue weighted by Crippen LogP contribution is 2.29. The lowest BCUT2D eigenvalue weighted by molar-refractivity contribution is 0.142. The summed E-state index contributed by atoms with van der Waals surface area (Å²) in [6.07, 6.45) is -0.516. The van der Waals surface area contributed by atoms with Crippen molar-refractivity contribution in [1.82, 2.24) is 5.32 Å². The summed E-state index contributed by atoms with van der Waals surface area (Å²) in [6.45, 7) is 0.525. The van der Waals surface area contributed by atoms with Gasteiger partial charge in [-0.1, -0.05) is 41.9 Å². The van der Waals surface area contributed by atoms with Gasteiger partial charge < -0.3 is 15.3 Å². The Morgan fingerprint density at radius 1 is 1.10 bits per heavy atom. The van der Waals surface area contributed by atoms with Crippen molar-refractivity contribution in [1.29, 1.82) is 0 Å². The zero-order valence-corrected chi connectivity index (χ0v) is 13.1. The topological polar surface area (TPSA) is 35.5 Å². The molecule has 0 amide bonds. The van der Waals surface area contributed by atoms with E-state index in [0.29, 0.717) is 11.6 Å². The van der Waals surface area contributed by atoms with E-state index in [2.05, 4.69) is 10.2 Å². The Labute approximate surface area is 131 Å². The summed E-state index contributed by atoms with van der Waals surface area (Å²) in [6, 6.07) is 17.6. The molecule has 0 fully saturated rings. The van der Waals surface area contributed by atoms with Gasteiger partial charge in [-0.15, -0.1) is 0 Å². The van der Waals surface area contributed by atoms with Crippen molar-refractivity contribution in [3.05, 3.63) is 65.2 Å². The highest BCUT2D eigenvalue weighted by Gasteiger charge is 2.25. The normalized spacial score (nSPS) is 13.7. The Balaban J connectivity index is 2.32. The number of likely N-dealkylation sites (N-methyl/N-ethyl adjacent to an activating group) is 2. The van der Waals surface area contributed by atoms with Gasteiger partial charge in [-0.05, 0) is 36.9 Å². The monoisotopic (exact) mass is 304 g/mol. The van der Waals surface area contributed by atoms with Crippen molar-refractivity contribution >= 4 is 17.3 Å². The van der Waals surface area contributed by atoms with Crippen molar-refractivity contribution in [2.75, 3.05) is 25.5 Å². The number of nitrogens with zero attached hydrogens (tertiary/aromatic N) is 1. The first-order valence-corrected chi connectivity index (χ1v) is 7.37. The molecule has 0 radical (unpaired) electrons. The molecule has 0 aliphatic carbocycles. The molecule has 21 heavy (non-hydrogen) atoms. The third kappa shape index (κ3) is 3.97. The highest BCUT2D eigenvalue weighted by molar-refractivity contribution is 6.30. The maximum atomic E-state index is 10.5. The number of aliphatic hydroxyl groups is 1. The predicted octanol–water partition coefficient (Wildman–Crippen LogP) is 3.10. The summed E-state index contributed by atoms with van der Waals surface area (Å²) in [5.74, 6) is 0. The number of anilines is 1. The van der Waals surface area contributed by atoms with Crippen molar-refractivity contribution < 1.29 is 5.11 Å². The second-order valence-electron chi connectivity index (χ2n) is 5.07. The predicted molar refractivity (Wildman–Crippen MR) is 89.0 cm³/mol. The van der Waals surface area contributed by atoms with E-state index >= 15 is 0 Å². The lowest BCUT2D eigenvalue weighted by Crippen LogP contribution is -2.39. The number of hydrogen-bond donors (Lipinski definition) is 2. The quantitative estimate of drug-likeness (QED) is 0.861. The van der Waals surface area contributed by atoms with Crippen LogP contribution in [0.4, 0.5) is 5.69 Å².